The summed E-state index contributed by atoms with van der Waals surface area (Å²) < 4.78 is 85.6. The van der Waals surface area contributed by atoms with Crippen LogP contribution in [0.25, 0.3) is 0 Å². The number of primary amides is 1. The first-order chi connectivity index (χ1) is 14.2. The molecule has 2 aromatic rings. The first kappa shape index (κ1) is 22.6. The van der Waals surface area contributed by atoms with E-state index in [9.17, 15) is 40.1 Å². The highest BCUT2D eigenvalue weighted by Crippen LogP contribution is 2.33. The summed E-state index contributed by atoms with van der Waals surface area (Å²) in [5.74, 6) is -2.70. The molecule has 0 radical (unpaired) electrons. The second-order valence-corrected chi connectivity index (χ2v) is 10.8. The zero-order valence-electron chi connectivity index (χ0n) is 15.4. The number of sulfone groups is 2. The number of carbonyl (C=O) groups is 1. The summed E-state index contributed by atoms with van der Waals surface area (Å²) in [6, 6.07) is 4.53. The fraction of sp³-hybridized carbons (Fsp3) is 0.312. The second kappa shape index (κ2) is 7.54. The highest BCUT2D eigenvalue weighted by molar-refractivity contribution is 7.92. The molecular formula is C16H14F3N5O5S2. The lowest BCUT2D eigenvalue weighted by Gasteiger charge is -2.12. The van der Waals surface area contributed by atoms with Crippen molar-refractivity contribution in [1.29, 1.82) is 5.26 Å². The van der Waals surface area contributed by atoms with E-state index in [1.807, 2.05) is 6.07 Å². The van der Waals surface area contributed by atoms with Crippen molar-refractivity contribution in [3.05, 3.63) is 36.0 Å². The van der Waals surface area contributed by atoms with Gasteiger partial charge in [-0.2, -0.15) is 23.5 Å². The molecule has 166 valence electrons. The molecule has 1 saturated heterocycles. The Morgan fingerprint density at radius 1 is 1.26 bits per heavy atom. The predicted molar refractivity (Wildman–Crippen MR) is 101 cm³/mol. The molecule has 1 aliphatic rings. The fourth-order valence-electron chi connectivity index (χ4n) is 3.03. The molecule has 0 spiro atoms. The third-order valence-corrected chi connectivity index (χ3v) is 7.78. The van der Waals surface area contributed by atoms with Crippen LogP contribution in [0.15, 0.2) is 35.4 Å². The van der Waals surface area contributed by atoms with E-state index in [-0.39, 0.29) is 28.6 Å². The maximum Gasteiger partial charge on any atom is 0.501 e. The smallest absolute Gasteiger partial charge is 0.365 e. The van der Waals surface area contributed by atoms with E-state index in [2.05, 4.69) is 10.4 Å². The number of nitrogens with one attached hydrogen (secondary N) is 1. The van der Waals surface area contributed by atoms with Crippen LogP contribution in [0.4, 0.5) is 24.7 Å². The molecule has 31 heavy (non-hydrogen) atoms. The highest BCUT2D eigenvalue weighted by Gasteiger charge is 2.46. The highest BCUT2D eigenvalue weighted by atomic mass is 32.2. The van der Waals surface area contributed by atoms with E-state index in [1.54, 1.807) is 0 Å². The van der Waals surface area contributed by atoms with E-state index in [0.29, 0.717) is 0 Å². The maximum atomic E-state index is 12.6. The van der Waals surface area contributed by atoms with Crippen molar-refractivity contribution >= 4 is 37.1 Å². The predicted octanol–water partition coefficient (Wildman–Crippen LogP) is 1.13. The molecule has 0 bridgehead atoms. The summed E-state index contributed by atoms with van der Waals surface area (Å²) in [5, 5.41) is 15.9. The van der Waals surface area contributed by atoms with Crippen LogP contribution in [0.1, 0.15) is 16.4 Å². The van der Waals surface area contributed by atoms with Gasteiger partial charge in [-0.1, -0.05) is 0 Å². The molecule has 2 heterocycles. The van der Waals surface area contributed by atoms with E-state index in [4.69, 9.17) is 5.73 Å². The first-order valence-corrected chi connectivity index (χ1v) is 11.7. The minimum absolute atomic E-state index is 0.0877. The number of nitrogens with zero attached hydrogens (tertiary/aromatic N) is 3. The standard InChI is InChI=1S/C16H14F3N5O5S2/c17-16(18,19)31(28,29)11-3-1-10(2-4-11)22-15-12(14(21)25)6-24(23-15)13-8-30(26,27)7-9(13)5-20/h1-4,6,9,13H,7-8H2,(H2,21,25)(H,22,23)/t9-,13?/m1/s1. The van der Waals surface area contributed by atoms with Gasteiger partial charge in [-0.05, 0) is 24.3 Å². The van der Waals surface area contributed by atoms with Crippen molar-refractivity contribution in [1.82, 2.24) is 9.78 Å². The fourth-order valence-corrected chi connectivity index (χ4v) is 5.68. The SMILES string of the molecule is N#C[C@@H]1CS(=O)(=O)CC1n1cc(C(N)=O)c(Nc2ccc(S(=O)(=O)C(F)(F)F)cc2)n1. The number of rotatable bonds is 5. The average Bonchev–Trinajstić information content (AvgIpc) is 3.21. The number of carbonyl (C=O) groups excluding carboxylic acids is 1. The second-order valence-electron chi connectivity index (χ2n) is 6.71. The summed E-state index contributed by atoms with van der Waals surface area (Å²) in [6.07, 6.45) is 1.17. The van der Waals surface area contributed by atoms with Gasteiger partial charge in [0.15, 0.2) is 15.7 Å². The molecule has 10 nitrogen and oxygen atoms in total. The van der Waals surface area contributed by atoms with Crippen LogP contribution in [0.5, 0.6) is 0 Å². The van der Waals surface area contributed by atoms with Crippen molar-refractivity contribution in [2.24, 2.45) is 11.7 Å². The Hall–Kier alpha value is -3.12. The number of hydrogen-bond donors (Lipinski definition) is 2. The van der Waals surface area contributed by atoms with Crippen LogP contribution in [-0.2, 0) is 19.7 Å². The van der Waals surface area contributed by atoms with Gasteiger partial charge in [-0.25, -0.2) is 16.8 Å². The quantitative estimate of drug-likeness (QED) is 0.647. The van der Waals surface area contributed by atoms with E-state index in [0.717, 1.165) is 28.9 Å². The van der Waals surface area contributed by atoms with Crippen molar-refractivity contribution in [2.45, 2.75) is 16.4 Å². The van der Waals surface area contributed by atoms with Gasteiger partial charge >= 0.3 is 5.51 Å². The number of amides is 1. The number of anilines is 2. The van der Waals surface area contributed by atoms with Crippen molar-refractivity contribution < 1.29 is 34.8 Å². The lowest BCUT2D eigenvalue weighted by Crippen LogP contribution is -2.23. The Kier molecular flexibility index (Phi) is 5.48. The zero-order valence-corrected chi connectivity index (χ0v) is 17.0. The number of halogens is 3. The van der Waals surface area contributed by atoms with Gasteiger partial charge in [0.1, 0.15) is 5.56 Å². The van der Waals surface area contributed by atoms with Gasteiger partial charge in [0.2, 0.25) is 0 Å². The Balaban J connectivity index is 1.92. The summed E-state index contributed by atoms with van der Waals surface area (Å²) in [7, 11) is -9.01. The Morgan fingerprint density at radius 3 is 2.39 bits per heavy atom. The van der Waals surface area contributed by atoms with Crippen LogP contribution in [-0.4, -0.2) is 49.5 Å². The van der Waals surface area contributed by atoms with Gasteiger partial charge in [-0.15, -0.1) is 0 Å². The van der Waals surface area contributed by atoms with Gasteiger partial charge in [-0.3, -0.25) is 9.48 Å². The third-order valence-electron chi connectivity index (χ3n) is 4.56. The Bertz CT molecular complexity index is 1280. The number of nitrogens with two attached hydrogens (primary N) is 1. The lowest BCUT2D eigenvalue weighted by molar-refractivity contribution is -0.0436. The normalized spacial score (nSPS) is 20.8. The lowest BCUT2D eigenvalue weighted by atomic mass is 10.1. The molecule has 1 fully saturated rings. The number of aromatic nitrogens is 2. The van der Waals surface area contributed by atoms with Crippen LogP contribution in [0, 0.1) is 17.2 Å². The summed E-state index contributed by atoms with van der Waals surface area (Å²) >= 11 is 0. The summed E-state index contributed by atoms with van der Waals surface area (Å²) in [5.41, 5.74) is -0.221. The third kappa shape index (κ3) is 4.35. The van der Waals surface area contributed by atoms with Crippen LogP contribution < -0.4 is 11.1 Å². The molecule has 1 unspecified atom stereocenters. The van der Waals surface area contributed by atoms with Gasteiger partial charge in [0.25, 0.3) is 15.7 Å². The van der Waals surface area contributed by atoms with Crippen LogP contribution in [0.3, 0.4) is 0 Å². The van der Waals surface area contributed by atoms with Gasteiger partial charge in [0.05, 0.1) is 34.4 Å². The number of nitriles is 1. The average molecular weight is 477 g/mol. The molecular weight excluding hydrogens is 463 g/mol. The van der Waals surface area contributed by atoms with Crippen molar-refractivity contribution in [2.75, 3.05) is 16.8 Å². The molecule has 0 saturated carbocycles. The molecule has 3 rings (SSSR count). The first-order valence-electron chi connectivity index (χ1n) is 8.42. The van der Waals surface area contributed by atoms with Gasteiger partial charge < -0.3 is 11.1 Å². The Morgan fingerprint density at radius 2 is 1.87 bits per heavy atom. The van der Waals surface area contributed by atoms with Gasteiger partial charge in [0, 0.05) is 11.9 Å². The van der Waals surface area contributed by atoms with E-state index in [1.165, 1.54) is 6.20 Å². The molecule has 1 aromatic heterocycles. The largest absolute Gasteiger partial charge is 0.501 e. The minimum Gasteiger partial charge on any atom is -0.365 e. The Labute approximate surface area is 174 Å². The number of alkyl halides is 3. The molecule has 2 atom stereocenters. The monoisotopic (exact) mass is 477 g/mol. The summed E-state index contributed by atoms with van der Waals surface area (Å²) in [6.45, 7) is 0. The van der Waals surface area contributed by atoms with Crippen LogP contribution in [0.2, 0.25) is 0 Å². The molecule has 0 aliphatic carbocycles. The topological polar surface area (TPSA) is 165 Å². The van der Waals surface area contributed by atoms with Crippen LogP contribution >= 0.6 is 0 Å². The molecule has 1 aliphatic heterocycles. The van der Waals surface area contributed by atoms with E-state index < -0.39 is 47.9 Å². The molecule has 1 aromatic carbocycles. The zero-order chi connectivity index (χ0) is 23.2. The molecule has 15 heteroatoms. The molecule has 3 N–H and O–H groups in total. The maximum absolute atomic E-state index is 12.6. The number of hydrogen-bond acceptors (Lipinski definition) is 8. The van der Waals surface area contributed by atoms with Crippen molar-refractivity contribution in [3.8, 4) is 6.07 Å². The summed E-state index contributed by atoms with van der Waals surface area (Å²) in [4.78, 5) is 10.8. The van der Waals surface area contributed by atoms with E-state index >= 15 is 0 Å². The minimum atomic E-state index is -5.52. The van der Waals surface area contributed by atoms with Crippen molar-refractivity contribution in [3.63, 3.8) is 0 Å². The number of benzene rings is 1. The molecule has 1 amide bonds.